The number of carbonyl (C=O) groups is 1. The van der Waals surface area contributed by atoms with E-state index in [2.05, 4.69) is 20.8 Å². The van der Waals surface area contributed by atoms with Gasteiger partial charge in [0.05, 0.1) is 0 Å². The summed E-state index contributed by atoms with van der Waals surface area (Å²) in [7, 11) is 0. The molecule has 0 aromatic carbocycles. The average molecular weight is 198 g/mol. The van der Waals surface area contributed by atoms with Crippen molar-refractivity contribution in [2.75, 3.05) is 0 Å². The van der Waals surface area contributed by atoms with Gasteiger partial charge in [-0.2, -0.15) is 0 Å². The minimum Gasteiger partial charge on any atom is -0.481 e. The molecule has 1 saturated carbocycles. The molecule has 2 heteroatoms. The molecule has 0 bridgehead atoms. The predicted molar refractivity (Wildman–Crippen MR) is 57.1 cm³/mol. The molecule has 1 unspecified atom stereocenters. The monoisotopic (exact) mass is 198 g/mol. The molecule has 1 aliphatic carbocycles. The highest BCUT2D eigenvalue weighted by atomic mass is 16.4. The summed E-state index contributed by atoms with van der Waals surface area (Å²) in [5, 5.41) is 8.85. The van der Waals surface area contributed by atoms with Gasteiger partial charge in [-0.15, -0.1) is 0 Å². The standard InChI is InChI=1S/C12H22O2/c1-8(2)11-5-4-9(3)6-10(11)7-12(13)14/h8-11H,4-7H2,1-3H3,(H,13,14)/t9-,10?,11+/m1/s1. The van der Waals surface area contributed by atoms with Crippen LogP contribution in [0.25, 0.3) is 0 Å². The molecule has 0 heterocycles. The summed E-state index contributed by atoms with van der Waals surface area (Å²) < 4.78 is 0. The van der Waals surface area contributed by atoms with E-state index >= 15 is 0 Å². The zero-order valence-corrected chi connectivity index (χ0v) is 9.49. The van der Waals surface area contributed by atoms with Crippen LogP contribution in [0.1, 0.15) is 46.5 Å². The molecule has 1 N–H and O–H groups in total. The van der Waals surface area contributed by atoms with E-state index in [1.165, 1.54) is 12.8 Å². The molecule has 0 aliphatic heterocycles. The van der Waals surface area contributed by atoms with Gasteiger partial charge in [-0.3, -0.25) is 4.79 Å². The topological polar surface area (TPSA) is 37.3 Å². The first-order valence-corrected chi connectivity index (χ1v) is 5.72. The first-order chi connectivity index (χ1) is 6.50. The van der Waals surface area contributed by atoms with Crippen LogP contribution in [0.15, 0.2) is 0 Å². The summed E-state index contributed by atoms with van der Waals surface area (Å²) in [6.45, 7) is 6.68. The molecule has 0 spiro atoms. The summed E-state index contributed by atoms with van der Waals surface area (Å²) >= 11 is 0. The van der Waals surface area contributed by atoms with E-state index in [1.807, 2.05) is 0 Å². The fourth-order valence-electron chi connectivity index (χ4n) is 2.86. The van der Waals surface area contributed by atoms with Crippen molar-refractivity contribution in [2.24, 2.45) is 23.7 Å². The minimum absolute atomic E-state index is 0.368. The highest BCUT2D eigenvalue weighted by Crippen LogP contribution is 2.39. The molecule has 1 rings (SSSR count). The van der Waals surface area contributed by atoms with Gasteiger partial charge in [0.15, 0.2) is 0 Å². The minimum atomic E-state index is -0.630. The lowest BCUT2D eigenvalue weighted by molar-refractivity contribution is -0.139. The second kappa shape index (κ2) is 4.81. The Labute approximate surface area is 86.7 Å². The zero-order chi connectivity index (χ0) is 10.7. The second-order valence-electron chi connectivity index (χ2n) is 5.18. The van der Waals surface area contributed by atoms with Crippen molar-refractivity contribution in [1.82, 2.24) is 0 Å². The summed E-state index contributed by atoms with van der Waals surface area (Å²) in [5.74, 6) is 1.76. The largest absolute Gasteiger partial charge is 0.481 e. The molecular weight excluding hydrogens is 176 g/mol. The first-order valence-electron chi connectivity index (χ1n) is 5.72. The maximum atomic E-state index is 10.7. The zero-order valence-electron chi connectivity index (χ0n) is 9.49. The molecule has 0 aromatic heterocycles. The highest BCUT2D eigenvalue weighted by Gasteiger charge is 2.31. The Morgan fingerprint density at radius 3 is 2.57 bits per heavy atom. The molecule has 82 valence electrons. The van der Waals surface area contributed by atoms with Gasteiger partial charge < -0.3 is 5.11 Å². The molecule has 0 amide bonds. The van der Waals surface area contributed by atoms with Crippen molar-refractivity contribution >= 4 is 5.97 Å². The van der Waals surface area contributed by atoms with E-state index in [0.717, 1.165) is 6.42 Å². The average Bonchev–Trinajstić information content (AvgIpc) is 2.01. The van der Waals surface area contributed by atoms with Gasteiger partial charge >= 0.3 is 5.97 Å². The lowest BCUT2D eigenvalue weighted by Gasteiger charge is -2.36. The Balaban J connectivity index is 2.58. The van der Waals surface area contributed by atoms with Gasteiger partial charge in [-0.25, -0.2) is 0 Å². The van der Waals surface area contributed by atoms with Crippen molar-refractivity contribution in [3.63, 3.8) is 0 Å². The Morgan fingerprint density at radius 2 is 2.07 bits per heavy atom. The maximum Gasteiger partial charge on any atom is 0.303 e. The molecule has 14 heavy (non-hydrogen) atoms. The molecule has 1 aliphatic rings. The second-order valence-corrected chi connectivity index (χ2v) is 5.18. The molecule has 3 atom stereocenters. The van der Waals surface area contributed by atoms with Gasteiger partial charge in [-0.05, 0) is 36.5 Å². The Hall–Kier alpha value is -0.530. The number of aliphatic carboxylic acids is 1. The summed E-state index contributed by atoms with van der Waals surface area (Å²) in [6.07, 6.45) is 3.97. The lowest BCUT2D eigenvalue weighted by Crippen LogP contribution is -2.29. The van der Waals surface area contributed by atoms with E-state index in [-0.39, 0.29) is 0 Å². The van der Waals surface area contributed by atoms with Crippen LogP contribution < -0.4 is 0 Å². The van der Waals surface area contributed by atoms with Crippen molar-refractivity contribution in [3.8, 4) is 0 Å². The van der Waals surface area contributed by atoms with Crippen LogP contribution in [0.4, 0.5) is 0 Å². The third kappa shape index (κ3) is 3.00. The maximum absolute atomic E-state index is 10.7. The third-order valence-electron chi connectivity index (χ3n) is 3.60. The summed E-state index contributed by atoms with van der Waals surface area (Å²) in [6, 6.07) is 0. The molecule has 2 nitrogen and oxygen atoms in total. The van der Waals surface area contributed by atoms with Gasteiger partial charge in [-0.1, -0.05) is 27.2 Å². The van der Waals surface area contributed by atoms with Gasteiger partial charge in [0, 0.05) is 6.42 Å². The molecule has 0 radical (unpaired) electrons. The summed E-state index contributed by atoms with van der Waals surface area (Å²) in [4.78, 5) is 10.7. The van der Waals surface area contributed by atoms with Crippen molar-refractivity contribution in [2.45, 2.75) is 46.5 Å². The molecule has 0 saturated heterocycles. The van der Waals surface area contributed by atoms with Crippen LogP contribution >= 0.6 is 0 Å². The Morgan fingerprint density at radius 1 is 1.43 bits per heavy atom. The van der Waals surface area contributed by atoms with Crippen molar-refractivity contribution < 1.29 is 9.90 Å². The highest BCUT2D eigenvalue weighted by molar-refractivity contribution is 5.67. The predicted octanol–water partition coefficient (Wildman–Crippen LogP) is 3.17. The smallest absolute Gasteiger partial charge is 0.303 e. The van der Waals surface area contributed by atoms with Crippen molar-refractivity contribution in [3.05, 3.63) is 0 Å². The van der Waals surface area contributed by atoms with Crippen LogP contribution in [0.3, 0.4) is 0 Å². The number of carboxylic acids is 1. The summed E-state index contributed by atoms with van der Waals surface area (Å²) in [5.41, 5.74) is 0. The van der Waals surface area contributed by atoms with Crippen molar-refractivity contribution in [1.29, 1.82) is 0 Å². The number of rotatable bonds is 3. The molecule has 0 aromatic rings. The number of hydrogen-bond donors (Lipinski definition) is 1. The van der Waals surface area contributed by atoms with E-state index in [0.29, 0.717) is 30.1 Å². The molecule has 1 fully saturated rings. The number of carboxylic acid groups (broad SMARTS) is 1. The van der Waals surface area contributed by atoms with E-state index < -0.39 is 5.97 Å². The van der Waals surface area contributed by atoms with E-state index in [9.17, 15) is 4.79 Å². The van der Waals surface area contributed by atoms with Gasteiger partial charge in [0.1, 0.15) is 0 Å². The SMILES string of the molecule is CC(C)[C@@H]1CC[C@@H](C)CC1CC(=O)O. The lowest BCUT2D eigenvalue weighted by atomic mass is 9.69. The van der Waals surface area contributed by atoms with Crippen LogP contribution in [0.2, 0.25) is 0 Å². The van der Waals surface area contributed by atoms with Crippen LogP contribution in [-0.4, -0.2) is 11.1 Å². The Bertz CT molecular complexity index is 198. The van der Waals surface area contributed by atoms with Crippen LogP contribution in [-0.2, 0) is 4.79 Å². The fraction of sp³-hybridized carbons (Fsp3) is 0.917. The normalized spacial score (nSPS) is 33.3. The Kier molecular flexibility index (Phi) is 3.97. The van der Waals surface area contributed by atoms with Crippen LogP contribution in [0.5, 0.6) is 0 Å². The quantitative estimate of drug-likeness (QED) is 0.756. The van der Waals surface area contributed by atoms with Gasteiger partial charge in [0.25, 0.3) is 0 Å². The first kappa shape index (κ1) is 11.5. The van der Waals surface area contributed by atoms with Gasteiger partial charge in [0.2, 0.25) is 0 Å². The number of hydrogen-bond acceptors (Lipinski definition) is 1. The van der Waals surface area contributed by atoms with Crippen LogP contribution in [0, 0.1) is 23.7 Å². The van der Waals surface area contributed by atoms with E-state index in [4.69, 9.17) is 5.11 Å². The molecular formula is C12H22O2. The van der Waals surface area contributed by atoms with E-state index in [1.54, 1.807) is 0 Å². The fourth-order valence-corrected chi connectivity index (χ4v) is 2.86. The third-order valence-corrected chi connectivity index (χ3v) is 3.60.